The van der Waals surface area contributed by atoms with E-state index in [1.807, 2.05) is 6.07 Å². The summed E-state index contributed by atoms with van der Waals surface area (Å²) in [6, 6.07) is 5.22. The smallest absolute Gasteiger partial charge is 0.120 e. The van der Waals surface area contributed by atoms with Gasteiger partial charge in [0.05, 0.1) is 0 Å². The Bertz CT molecular complexity index is 322. The van der Waals surface area contributed by atoms with Crippen molar-refractivity contribution in [2.24, 2.45) is 0 Å². The molecule has 0 aliphatic carbocycles. The van der Waals surface area contributed by atoms with Crippen LogP contribution in [0.5, 0.6) is 5.75 Å². The Balaban J connectivity index is 2.71. The molecule has 2 nitrogen and oxygen atoms in total. The highest BCUT2D eigenvalue weighted by Gasteiger charge is 2.08. The third-order valence-corrected chi connectivity index (χ3v) is 2.75. The van der Waals surface area contributed by atoms with Crippen LogP contribution >= 0.6 is 11.6 Å². The Morgan fingerprint density at radius 3 is 2.38 bits per heavy atom. The fourth-order valence-corrected chi connectivity index (χ4v) is 2.02. The summed E-state index contributed by atoms with van der Waals surface area (Å²) in [6.45, 7) is 7.22. The van der Waals surface area contributed by atoms with Gasteiger partial charge in [-0.2, -0.15) is 0 Å². The molecule has 0 atom stereocenters. The van der Waals surface area contributed by atoms with Gasteiger partial charge in [0.15, 0.2) is 0 Å². The minimum atomic E-state index is 0.335. The van der Waals surface area contributed by atoms with Crippen LogP contribution in [0.2, 0.25) is 5.02 Å². The fourth-order valence-electron chi connectivity index (χ4n) is 1.82. The van der Waals surface area contributed by atoms with Crippen molar-refractivity contribution in [2.45, 2.75) is 33.2 Å². The Morgan fingerprint density at radius 1 is 1.19 bits per heavy atom. The molecular formula is C13H20ClNO. The van der Waals surface area contributed by atoms with Gasteiger partial charge in [-0.3, -0.25) is 4.90 Å². The first-order valence-electron chi connectivity index (χ1n) is 5.87. The molecule has 0 fully saturated rings. The summed E-state index contributed by atoms with van der Waals surface area (Å²) in [5, 5.41) is 10.4. The average molecular weight is 242 g/mol. The predicted molar refractivity (Wildman–Crippen MR) is 69.0 cm³/mol. The minimum Gasteiger partial charge on any atom is -0.508 e. The molecule has 3 heteroatoms. The van der Waals surface area contributed by atoms with Crippen molar-refractivity contribution in [1.82, 2.24) is 4.90 Å². The van der Waals surface area contributed by atoms with Gasteiger partial charge in [0.25, 0.3) is 0 Å². The summed E-state index contributed by atoms with van der Waals surface area (Å²) in [4.78, 5) is 2.34. The quantitative estimate of drug-likeness (QED) is 0.822. The van der Waals surface area contributed by atoms with Crippen molar-refractivity contribution >= 4 is 11.6 Å². The van der Waals surface area contributed by atoms with E-state index in [0.717, 1.165) is 38.0 Å². The van der Waals surface area contributed by atoms with Crippen LogP contribution in [0.15, 0.2) is 18.2 Å². The molecule has 0 aliphatic rings. The van der Waals surface area contributed by atoms with Crippen LogP contribution in [-0.4, -0.2) is 23.1 Å². The molecule has 0 saturated heterocycles. The maximum atomic E-state index is 9.73. The van der Waals surface area contributed by atoms with Crippen molar-refractivity contribution in [3.8, 4) is 5.75 Å². The predicted octanol–water partition coefficient (Wildman–Crippen LogP) is 3.67. The van der Waals surface area contributed by atoms with Gasteiger partial charge < -0.3 is 5.11 Å². The lowest BCUT2D eigenvalue weighted by atomic mass is 10.2. The number of hydrogen-bond donors (Lipinski definition) is 1. The molecule has 0 amide bonds. The molecule has 0 saturated carbocycles. The number of nitrogens with zero attached hydrogens (tertiary/aromatic N) is 1. The number of hydrogen-bond acceptors (Lipinski definition) is 2. The van der Waals surface area contributed by atoms with Gasteiger partial charge in [0, 0.05) is 17.1 Å². The Kier molecular flexibility index (Phi) is 5.64. The molecule has 1 aromatic carbocycles. The first-order chi connectivity index (χ1) is 7.67. The molecule has 0 spiro atoms. The number of halogens is 1. The molecule has 0 radical (unpaired) electrons. The van der Waals surface area contributed by atoms with Crippen molar-refractivity contribution in [2.75, 3.05) is 13.1 Å². The van der Waals surface area contributed by atoms with Crippen LogP contribution in [0.3, 0.4) is 0 Å². The number of phenols is 1. The summed E-state index contributed by atoms with van der Waals surface area (Å²) < 4.78 is 0. The maximum Gasteiger partial charge on any atom is 0.120 e. The third-order valence-electron chi connectivity index (χ3n) is 2.52. The second-order valence-electron chi connectivity index (χ2n) is 4.05. The van der Waals surface area contributed by atoms with Crippen molar-refractivity contribution in [3.63, 3.8) is 0 Å². The molecule has 0 aromatic heterocycles. The summed E-state index contributed by atoms with van der Waals surface area (Å²) in [6.07, 6.45) is 2.25. The molecule has 90 valence electrons. The van der Waals surface area contributed by atoms with Crippen LogP contribution in [-0.2, 0) is 6.54 Å². The fraction of sp³-hybridized carbons (Fsp3) is 0.538. The first kappa shape index (κ1) is 13.3. The molecule has 0 aliphatic heterocycles. The Labute approximate surface area is 103 Å². The highest BCUT2D eigenvalue weighted by molar-refractivity contribution is 6.30. The van der Waals surface area contributed by atoms with E-state index >= 15 is 0 Å². The molecule has 16 heavy (non-hydrogen) atoms. The van der Waals surface area contributed by atoms with Crippen LogP contribution in [0.4, 0.5) is 0 Å². The lowest BCUT2D eigenvalue weighted by Crippen LogP contribution is -2.24. The van der Waals surface area contributed by atoms with Crippen LogP contribution in [0.1, 0.15) is 32.3 Å². The number of rotatable bonds is 6. The van der Waals surface area contributed by atoms with E-state index < -0.39 is 0 Å². The van der Waals surface area contributed by atoms with E-state index in [0.29, 0.717) is 10.8 Å². The molecule has 1 rings (SSSR count). The van der Waals surface area contributed by atoms with Crippen LogP contribution < -0.4 is 0 Å². The molecule has 0 unspecified atom stereocenters. The minimum absolute atomic E-state index is 0.335. The highest BCUT2D eigenvalue weighted by atomic mass is 35.5. The van der Waals surface area contributed by atoms with Crippen LogP contribution in [0, 0.1) is 0 Å². The Morgan fingerprint density at radius 2 is 1.81 bits per heavy atom. The summed E-state index contributed by atoms with van der Waals surface area (Å²) in [7, 11) is 0. The summed E-state index contributed by atoms with van der Waals surface area (Å²) >= 11 is 5.92. The summed E-state index contributed by atoms with van der Waals surface area (Å²) in [5.74, 6) is 0.335. The zero-order valence-electron chi connectivity index (χ0n) is 10.0. The van der Waals surface area contributed by atoms with Gasteiger partial charge in [0.1, 0.15) is 5.75 Å². The zero-order valence-corrected chi connectivity index (χ0v) is 10.8. The first-order valence-corrected chi connectivity index (χ1v) is 6.25. The zero-order chi connectivity index (χ0) is 12.0. The average Bonchev–Trinajstić information content (AvgIpc) is 2.24. The van der Waals surface area contributed by atoms with E-state index in [9.17, 15) is 5.11 Å². The second-order valence-corrected chi connectivity index (χ2v) is 4.49. The largest absolute Gasteiger partial charge is 0.508 e. The normalized spacial score (nSPS) is 11.0. The molecule has 1 N–H and O–H groups in total. The molecule has 0 bridgehead atoms. The maximum absolute atomic E-state index is 9.73. The van der Waals surface area contributed by atoms with Crippen molar-refractivity contribution < 1.29 is 5.11 Å². The lowest BCUT2D eigenvalue weighted by Gasteiger charge is -2.21. The van der Waals surface area contributed by atoms with E-state index in [4.69, 9.17) is 11.6 Å². The van der Waals surface area contributed by atoms with E-state index in [-0.39, 0.29) is 0 Å². The standard InChI is InChI=1S/C13H20ClNO/c1-3-7-15(8-4-2)10-11-9-12(14)5-6-13(11)16/h5-6,9,16H,3-4,7-8,10H2,1-2H3. The van der Waals surface area contributed by atoms with Gasteiger partial charge in [-0.05, 0) is 44.1 Å². The number of aromatic hydroxyl groups is 1. The molecule has 0 heterocycles. The van der Waals surface area contributed by atoms with Crippen molar-refractivity contribution in [3.05, 3.63) is 28.8 Å². The topological polar surface area (TPSA) is 23.5 Å². The number of benzene rings is 1. The van der Waals surface area contributed by atoms with E-state index in [1.165, 1.54) is 0 Å². The Hall–Kier alpha value is -0.730. The van der Waals surface area contributed by atoms with Gasteiger partial charge in [-0.15, -0.1) is 0 Å². The third kappa shape index (κ3) is 4.03. The lowest BCUT2D eigenvalue weighted by molar-refractivity contribution is 0.263. The van der Waals surface area contributed by atoms with Crippen molar-refractivity contribution in [1.29, 1.82) is 0 Å². The summed E-state index contributed by atoms with van der Waals surface area (Å²) in [5.41, 5.74) is 0.911. The van der Waals surface area contributed by atoms with Gasteiger partial charge >= 0.3 is 0 Å². The van der Waals surface area contributed by atoms with Gasteiger partial charge in [-0.1, -0.05) is 25.4 Å². The molecule has 1 aromatic rings. The van der Waals surface area contributed by atoms with Crippen LogP contribution in [0.25, 0.3) is 0 Å². The van der Waals surface area contributed by atoms with Gasteiger partial charge in [0.2, 0.25) is 0 Å². The number of phenolic OH excluding ortho intramolecular Hbond substituents is 1. The van der Waals surface area contributed by atoms with E-state index in [1.54, 1.807) is 12.1 Å². The highest BCUT2D eigenvalue weighted by Crippen LogP contribution is 2.23. The second kappa shape index (κ2) is 6.77. The molecular weight excluding hydrogens is 222 g/mol. The van der Waals surface area contributed by atoms with Gasteiger partial charge in [-0.25, -0.2) is 0 Å². The SMILES string of the molecule is CCCN(CCC)Cc1cc(Cl)ccc1O. The monoisotopic (exact) mass is 241 g/mol. The van der Waals surface area contributed by atoms with E-state index in [2.05, 4.69) is 18.7 Å².